The van der Waals surface area contributed by atoms with E-state index in [9.17, 15) is 4.79 Å². The molecule has 18 heavy (non-hydrogen) atoms. The Balaban J connectivity index is 2.10. The van der Waals surface area contributed by atoms with Crippen LogP contribution < -0.4 is 5.73 Å². The van der Waals surface area contributed by atoms with Crippen LogP contribution in [0.3, 0.4) is 0 Å². The summed E-state index contributed by atoms with van der Waals surface area (Å²) in [6.07, 6.45) is 6.55. The second-order valence-corrected chi connectivity index (χ2v) is 6.95. The van der Waals surface area contributed by atoms with E-state index in [1.54, 1.807) is 0 Å². The van der Waals surface area contributed by atoms with Gasteiger partial charge in [0, 0.05) is 24.5 Å². The SMILES string of the molecule is CCC1(C(=O)N2CCC(N)C(C)(C)C2)CCCC1. The van der Waals surface area contributed by atoms with Crippen molar-refractivity contribution in [1.29, 1.82) is 0 Å². The van der Waals surface area contributed by atoms with Crippen LogP contribution in [0.5, 0.6) is 0 Å². The van der Waals surface area contributed by atoms with Gasteiger partial charge in [0.1, 0.15) is 0 Å². The lowest BCUT2D eigenvalue weighted by Crippen LogP contribution is -2.56. The molecule has 104 valence electrons. The van der Waals surface area contributed by atoms with Crippen LogP contribution in [0.15, 0.2) is 0 Å². The molecule has 0 spiro atoms. The summed E-state index contributed by atoms with van der Waals surface area (Å²) in [5.74, 6) is 0.405. The number of hydrogen-bond donors (Lipinski definition) is 1. The predicted molar refractivity (Wildman–Crippen MR) is 74.1 cm³/mol. The average Bonchev–Trinajstić information content (AvgIpc) is 2.81. The van der Waals surface area contributed by atoms with Gasteiger partial charge in [0.05, 0.1) is 0 Å². The van der Waals surface area contributed by atoms with Crippen LogP contribution in [0.2, 0.25) is 0 Å². The zero-order valence-electron chi connectivity index (χ0n) is 12.2. The van der Waals surface area contributed by atoms with Crippen LogP contribution in [0.4, 0.5) is 0 Å². The summed E-state index contributed by atoms with van der Waals surface area (Å²) in [4.78, 5) is 14.9. The van der Waals surface area contributed by atoms with Crippen LogP contribution in [0.25, 0.3) is 0 Å². The monoisotopic (exact) mass is 252 g/mol. The van der Waals surface area contributed by atoms with Crippen molar-refractivity contribution in [3.63, 3.8) is 0 Å². The zero-order chi connectivity index (χ0) is 13.4. The highest BCUT2D eigenvalue weighted by atomic mass is 16.2. The molecule has 0 aromatic rings. The van der Waals surface area contributed by atoms with Crippen molar-refractivity contribution in [2.45, 2.75) is 65.3 Å². The standard InChI is InChI=1S/C15H28N2O/c1-4-15(8-5-6-9-15)13(18)17-10-7-12(16)14(2,3)11-17/h12H,4-11,16H2,1-3H3. The fourth-order valence-electron chi connectivity index (χ4n) is 3.65. The zero-order valence-corrected chi connectivity index (χ0v) is 12.2. The minimum Gasteiger partial charge on any atom is -0.342 e. The Bertz CT molecular complexity index is 318. The van der Waals surface area contributed by atoms with Gasteiger partial charge in [-0.15, -0.1) is 0 Å². The molecule has 1 atom stereocenters. The molecule has 2 aliphatic rings. The molecule has 1 unspecified atom stereocenters. The Labute approximate surface area is 111 Å². The molecule has 0 aromatic heterocycles. The summed E-state index contributed by atoms with van der Waals surface area (Å²) in [7, 11) is 0. The number of piperidine rings is 1. The summed E-state index contributed by atoms with van der Waals surface area (Å²) >= 11 is 0. The van der Waals surface area contributed by atoms with Crippen molar-refractivity contribution in [3.05, 3.63) is 0 Å². The molecule has 0 radical (unpaired) electrons. The molecule has 3 nitrogen and oxygen atoms in total. The van der Waals surface area contributed by atoms with Crippen molar-refractivity contribution >= 4 is 5.91 Å². The van der Waals surface area contributed by atoms with Gasteiger partial charge in [-0.1, -0.05) is 33.6 Å². The molecule has 0 aromatic carbocycles. The van der Waals surface area contributed by atoms with Crippen molar-refractivity contribution in [2.75, 3.05) is 13.1 Å². The molecule has 2 N–H and O–H groups in total. The molecule has 2 rings (SSSR count). The Morgan fingerprint density at radius 2 is 1.94 bits per heavy atom. The number of carbonyl (C=O) groups is 1. The summed E-state index contributed by atoms with van der Waals surface area (Å²) in [6, 6.07) is 0.225. The second kappa shape index (κ2) is 4.84. The third-order valence-electron chi connectivity index (χ3n) is 5.29. The van der Waals surface area contributed by atoms with Gasteiger partial charge in [0.15, 0.2) is 0 Å². The van der Waals surface area contributed by atoms with E-state index in [0.29, 0.717) is 5.91 Å². The Morgan fingerprint density at radius 3 is 2.44 bits per heavy atom. The Morgan fingerprint density at radius 1 is 1.33 bits per heavy atom. The topological polar surface area (TPSA) is 46.3 Å². The third-order valence-corrected chi connectivity index (χ3v) is 5.29. The van der Waals surface area contributed by atoms with E-state index in [0.717, 1.165) is 38.8 Å². The number of carbonyl (C=O) groups excluding carboxylic acids is 1. The summed E-state index contributed by atoms with van der Waals surface area (Å²) in [5.41, 5.74) is 6.17. The van der Waals surface area contributed by atoms with E-state index >= 15 is 0 Å². The highest BCUT2D eigenvalue weighted by Gasteiger charge is 2.44. The minimum atomic E-state index is -0.0441. The first-order valence-corrected chi connectivity index (χ1v) is 7.46. The lowest BCUT2D eigenvalue weighted by molar-refractivity contribution is -0.145. The van der Waals surface area contributed by atoms with Crippen LogP contribution in [-0.2, 0) is 4.79 Å². The highest BCUT2D eigenvalue weighted by Crippen LogP contribution is 2.43. The molecule has 3 heteroatoms. The van der Waals surface area contributed by atoms with Crippen LogP contribution >= 0.6 is 0 Å². The second-order valence-electron chi connectivity index (χ2n) is 6.95. The first-order chi connectivity index (χ1) is 8.41. The first kappa shape index (κ1) is 13.9. The Kier molecular flexibility index (Phi) is 3.72. The van der Waals surface area contributed by atoms with E-state index in [-0.39, 0.29) is 16.9 Å². The van der Waals surface area contributed by atoms with Gasteiger partial charge in [-0.05, 0) is 31.1 Å². The maximum absolute atomic E-state index is 12.8. The van der Waals surface area contributed by atoms with Gasteiger partial charge in [-0.3, -0.25) is 4.79 Å². The fraction of sp³-hybridized carbons (Fsp3) is 0.933. The summed E-state index contributed by atoms with van der Waals surface area (Å²) < 4.78 is 0. The molecule has 2 fully saturated rings. The van der Waals surface area contributed by atoms with Crippen LogP contribution in [0.1, 0.15) is 59.3 Å². The number of nitrogens with two attached hydrogens (primary N) is 1. The van der Waals surface area contributed by atoms with Gasteiger partial charge >= 0.3 is 0 Å². The van der Waals surface area contributed by atoms with Crippen molar-refractivity contribution in [3.8, 4) is 0 Å². The van der Waals surface area contributed by atoms with Gasteiger partial charge < -0.3 is 10.6 Å². The maximum atomic E-state index is 12.8. The molecule has 1 saturated heterocycles. The van der Waals surface area contributed by atoms with Crippen molar-refractivity contribution in [2.24, 2.45) is 16.6 Å². The van der Waals surface area contributed by atoms with Crippen molar-refractivity contribution < 1.29 is 4.79 Å². The summed E-state index contributed by atoms with van der Waals surface area (Å²) in [5, 5.41) is 0. The lowest BCUT2D eigenvalue weighted by Gasteiger charge is -2.45. The number of likely N-dealkylation sites (tertiary alicyclic amines) is 1. The van der Waals surface area contributed by atoms with Gasteiger partial charge in [0.25, 0.3) is 0 Å². The first-order valence-electron chi connectivity index (χ1n) is 7.46. The van der Waals surface area contributed by atoms with Crippen molar-refractivity contribution in [1.82, 2.24) is 4.90 Å². The largest absolute Gasteiger partial charge is 0.342 e. The van der Waals surface area contributed by atoms with Gasteiger partial charge in [0.2, 0.25) is 5.91 Å². The molecular weight excluding hydrogens is 224 g/mol. The van der Waals surface area contributed by atoms with E-state index in [1.165, 1.54) is 12.8 Å². The van der Waals surface area contributed by atoms with E-state index in [4.69, 9.17) is 5.73 Å². The smallest absolute Gasteiger partial charge is 0.228 e. The number of amides is 1. The summed E-state index contributed by atoms with van der Waals surface area (Å²) in [6.45, 7) is 8.22. The molecule has 0 bridgehead atoms. The maximum Gasteiger partial charge on any atom is 0.228 e. The molecule has 1 heterocycles. The molecule has 1 saturated carbocycles. The average molecular weight is 252 g/mol. The van der Waals surface area contributed by atoms with Crippen LogP contribution in [0, 0.1) is 10.8 Å². The lowest BCUT2D eigenvalue weighted by atomic mass is 9.77. The van der Waals surface area contributed by atoms with E-state index in [1.807, 2.05) is 0 Å². The number of rotatable bonds is 2. The van der Waals surface area contributed by atoms with E-state index < -0.39 is 0 Å². The highest BCUT2D eigenvalue weighted by molar-refractivity contribution is 5.83. The molecule has 1 amide bonds. The fourth-order valence-corrected chi connectivity index (χ4v) is 3.65. The minimum absolute atomic E-state index is 0.0441. The number of hydrogen-bond acceptors (Lipinski definition) is 2. The van der Waals surface area contributed by atoms with E-state index in [2.05, 4.69) is 25.7 Å². The van der Waals surface area contributed by atoms with Gasteiger partial charge in [-0.25, -0.2) is 0 Å². The normalized spacial score (nSPS) is 30.4. The quantitative estimate of drug-likeness (QED) is 0.821. The Hall–Kier alpha value is -0.570. The van der Waals surface area contributed by atoms with Gasteiger partial charge in [-0.2, -0.15) is 0 Å². The van der Waals surface area contributed by atoms with Crippen LogP contribution in [-0.4, -0.2) is 29.9 Å². The number of nitrogens with zero attached hydrogens (tertiary/aromatic N) is 1. The third kappa shape index (κ3) is 2.29. The molecular formula is C15H28N2O. The predicted octanol–water partition coefficient (Wildman–Crippen LogP) is 2.54. The molecule has 1 aliphatic heterocycles. The molecule has 1 aliphatic carbocycles.